The molecule has 0 saturated carbocycles. The van der Waals surface area contributed by atoms with Crippen LogP contribution in [-0.2, 0) is 4.79 Å². The van der Waals surface area contributed by atoms with Crippen LogP contribution in [0.25, 0.3) is 6.08 Å². The maximum absolute atomic E-state index is 12.5. The van der Waals surface area contributed by atoms with Crippen molar-refractivity contribution in [1.29, 1.82) is 0 Å². The lowest BCUT2D eigenvalue weighted by molar-refractivity contribution is -0.111. The van der Waals surface area contributed by atoms with Crippen molar-refractivity contribution < 1.29 is 27.8 Å². The molecule has 2 aromatic rings. The molecule has 1 N–H and O–H groups in total. The van der Waals surface area contributed by atoms with Crippen LogP contribution < -0.4 is 14.8 Å². The van der Waals surface area contributed by atoms with Gasteiger partial charge in [0.05, 0.1) is 6.61 Å². The van der Waals surface area contributed by atoms with Gasteiger partial charge in [-0.15, -0.1) is 0 Å². The summed E-state index contributed by atoms with van der Waals surface area (Å²) in [5.74, 6) is -0.350. The first kappa shape index (κ1) is 23.9. The van der Waals surface area contributed by atoms with Crippen molar-refractivity contribution in [1.82, 2.24) is 4.90 Å². The lowest BCUT2D eigenvalue weighted by Crippen LogP contribution is -2.30. The maximum Gasteiger partial charge on any atom is 0.387 e. The number of hydrogen-bond donors (Lipinski definition) is 1. The molecule has 0 bridgehead atoms. The Kier molecular flexibility index (Phi) is 8.99. The topological polar surface area (TPSA) is 67.9 Å². The third-order valence-corrected chi connectivity index (χ3v) is 4.36. The van der Waals surface area contributed by atoms with E-state index in [1.165, 1.54) is 30.4 Å². The molecule has 0 heterocycles. The van der Waals surface area contributed by atoms with E-state index in [1.807, 2.05) is 13.8 Å². The molecule has 166 valence electrons. The lowest BCUT2D eigenvalue weighted by Gasteiger charge is -2.18. The van der Waals surface area contributed by atoms with Crippen LogP contribution in [0, 0.1) is 0 Å². The lowest BCUT2D eigenvalue weighted by atomic mass is 10.1. The minimum atomic E-state index is -2.96. The molecule has 2 rings (SSSR count). The Labute approximate surface area is 180 Å². The third-order valence-electron chi connectivity index (χ3n) is 4.36. The SMILES string of the molecule is CCOc1cc(/C=C/C(=O)Nc2ccc(C(=O)N(CC)CC)cc2)ccc1OC(F)F. The fraction of sp³-hybridized carbons (Fsp3) is 0.304. The number of anilines is 1. The Morgan fingerprint density at radius 3 is 2.29 bits per heavy atom. The molecule has 6 nitrogen and oxygen atoms in total. The number of rotatable bonds is 10. The van der Waals surface area contributed by atoms with Crippen molar-refractivity contribution in [2.24, 2.45) is 0 Å². The summed E-state index contributed by atoms with van der Waals surface area (Å²) in [4.78, 5) is 26.2. The quantitative estimate of drug-likeness (QED) is 0.547. The molecule has 8 heteroatoms. The van der Waals surface area contributed by atoms with E-state index in [2.05, 4.69) is 10.1 Å². The zero-order chi connectivity index (χ0) is 22.8. The van der Waals surface area contributed by atoms with E-state index in [-0.39, 0.29) is 29.9 Å². The number of alkyl halides is 2. The van der Waals surface area contributed by atoms with Crippen molar-refractivity contribution in [3.05, 3.63) is 59.7 Å². The van der Waals surface area contributed by atoms with E-state index < -0.39 is 6.61 Å². The van der Waals surface area contributed by atoms with E-state index in [1.54, 1.807) is 36.1 Å². The van der Waals surface area contributed by atoms with Crippen LogP contribution in [0.3, 0.4) is 0 Å². The van der Waals surface area contributed by atoms with Gasteiger partial charge in [-0.05, 0) is 68.8 Å². The van der Waals surface area contributed by atoms with E-state index in [0.29, 0.717) is 29.9 Å². The number of halogens is 2. The summed E-state index contributed by atoms with van der Waals surface area (Å²) in [5, 5.41) is 2.71. The van der Waals surface area contributed by atoms with Gasteiger partial charge in [0.15, 0.2) is 11.5 Å². The summed E-state index contributed by atoms with van der Waals surface area (Å²) in [5.41, 5.74) is 1.67. The highest BCUT2D eigenvalue weighted by Crippen LogP contribution is 2.30. The second-order valence-corrected chi connectivity index (χ2v) is 6.40. The zero-order valence-electron chi connectivity index (χ0n) is 17.7. The highest BCUT2D eigenvalue weighted by Gasteiger charge is 2.13. The second kappa shape index (κ2) is 11.7. The fourth-order valence-electron chi connectivity index (χ4n) is 2.84. The summed E-state index contributed by atoms with van der Waals surface area (Å²) in [6.07, 6.45) is 2.84. The van der Waals surface area contributed by atoms with Gasteiger partial charge in [0.1, 0.15) is 0 Å². The highest BCUT2D eigenvalue weighted by molar-refractivity contribution is 6.02. The van der Waals surface area contributed by atoms with Crippen molar-refractivity contribution in [3.63, 3.8) is 0 Å². The summed E-state index contributed by atoms with van der Waals surface area (Å²) in [7, 11) is 0. The first-order valence-electron chi connectivity index (χ1n) is 9.97. The van der Waals surface area contributed by atoms with Gasteiger partial charge in [-0.3, -0.25) is 9.59 Å². The summed E-state index contributed by atoms with van der Waals surface area (Å²) >= 11 is 0. The minimum absolute atomic E-state index is 0.0628. The van der Waals surface area contributed by atoms with E-state index >= 15 is 0 Å². The Morgan fingerprint density at radius 1 is 1.03 bits per heavy atom. The molecule has 0 radical (unpaired) electrons. The van der Waals surface area contributed by atoms with Crippen LogP contribution >= 0.6 is 0 Å². The van der Waals surface area contributed by atoms with Crippen molar-refractivity contribution in [2.45, 2.75) is 27.4 Å². The maximum atomic E-state index is 12.5. The number of ether oxygens (including phenoxy) is 2. The molecule has 2 aromatic carbocycles. The molecular formula is C23H26F2N2O4. The minimum Gasteiger partial charge on any atom is -0.490 e. The molecule has 0 aromatic heterocycles. The van der Waals surface area contributed by atoms with Crippen LogP contribution in [0.4, 0.5) is 14.5 Å². The Balaban J connectivity index is 2.03. The summed E-state index contributed by atoms with van der Waals surface area (Å²) in [6.45, 7) is 4.12. The van der Waals surface area contributed by atoms with E-state index in [9.17, 15) is 18.4 Å². The van der Waals surface area contributed by atoms with Crippen molar-refractivity contribution in [2.75, 3.05) is 25.0 Å². The monoisotopic (exact) mass is 432 g/mol. The van der Waals surface area contributed by atoms with Gasteiger partial charge in [-0.2, -0.15) is 8.78 Å². The fourth-order valence-corrected chi connectivity index (χ4v) is 2.84. The van der Waals surface area contributed by atoms with E-state index in [4.69, 9.17) is 4.74 Å². The van der Waals surface area contributed by atoms with Gasteiger partial charge in [-0.1, -0.05) is 6.07 Å². The number of nitrogens with one attached hydrogen (secondary N) is 1. The number of carbonyl (C=O) groups excluding carboxylic acids is 2. The smallest absolute Gasteiger partial charge is 0.387 e. The number of carbonyl (C=O) groups is 2. The van der Waals surface area contributed by atoms with Gasteiger partial charge in [0.25, 0.3) is 5.91 Å². The molecule has 0 aliphatic carbocycles. The van der Waals surface area contributed by atoms with Gasteiger partial charge in [0, 0.05) is 30.4 Å². The molecule has 0 aliphatic heterocycles. The Hall–Kier alpha value is -3.42. The molecule has 0 spiro atoms. The van der Waals surface area contributed by atoms with Gasteiger partial charge < -0.3 is 19.7 Å². The number of hydrogen-bond acceptors (Lipinski definition) is 4. The molecule has 31 heavy (non-hydrogen) atoms. The van der Waals surface area contributed by atoms with Crippen molar-refractivity contribution in [3.8, 4) is 11.5 Å². The standard InChI is InChI=1S/C23H26F2N2O4/c1-4-27(5-2)22(29)17-9-11-18(12-10-17)26-21(28)14-8-16-7-13-19(31-23(24)25)20(15-16)30-6-3/h7-15,23H,4-6H2,1-3H3,(H,26,28)/b14-8+. The summed E-state index contributed by atoms with van der Waals surface area (Å²) in [6, 6.07) is 11.1. The van der Waals surface area contributed by atoms with Crippen molar-refractivity contribution >= 4 is 23.6 Å². The summed E-state index contributed by atoms with van der Waals surface area (Å²) < 4.78 is 34.7. The molecule has 0 saturated heterocycles. The van der Waals surface area contributed by atoms with Gasteiger partial charge in [-0.25, -0.2) is 0 Å². The average Bonchev–Trinajstić information content (AvgIpc) is 2.75. The molecule has 0 unspecified atom stereocenters. The molecule has 2 amide bonds. The zero-order valence-corrected chi connectivity index (χ0v) is 17.7. The molecule has 0 atom stereocenters. The van der Waals surface area contributed by atoms with Crippen LogP contribution in [0.2, 0.25) is 0 Å². The normalized spacial score (nSPS) is 10.9. The van der Waals surface area contributed by atoms with Gasteiger partial charge >= 0.3 is 6.61 Å². The highest BCUT2D eigenvalue weighted by atomic mass is 19.3. The molecule has 0 fully saturated rings. The number of amides is 2. The second-order valence-electron chi connectivity index (χ2n) is 6.40. The predicted molar refractivity (Wildman–Crippen MR) is 116 cm³/mol. The first-order valence-corrected chi connectivity index (χ1v) is 9.97. The Morgan fingerprint density at radius 2 is 1.71 bits per heavy atom. The largest absolute Gasteiger partial charge is 0.490 e. The predicted octanol–water partition coefficient (Wildman–Crippen LogP) is 4.82. The number of benzene rings is 2. The van der Waals surface area contributed by atoms with Crippen LogP contribution in [-0.4, -0.2) is 43.0 Å². The first-order chi connectivity index (χ1) is 14.9. The average molecular weight is 432 g/mol. The van der Waals surface area contributed by atoms with Gasteiger partial charge in [0.2, 0.25) is 5.91 Å². The third kappa shape index (κ3) is 7.09. The number of nitrogens with zero attached hydrogens (tertiary/aromatic N) is 1. The van der Waals surface area contributed by atoms with E-state index in [0.717, 1.165) is 0 Å². The van der Waals surface area contributed by atoms with Crippen LogP contribution in [0.5, 0.6) is 11.5 Å². The molecular weight excluding hydrogens is 406 g/mol. The van der Waals surface area contributed by atoms with Crippen LogP contribution in [0.1, 0.15) is 36.7 Å². The van der Waals surface area contributed by atoms with Crippen LogP contribution in [0.15, 0.2) is 48.5 Å². The molecule has 0 aliphatic rings. The Bertz CT molecular complexity index is 910.